The van der Waals surface area contributed by atoms with Crippen LogP contribution in [0.15, 0.2) is 133 Å². The van der Waals surface area contributed by atoms with Gasteiger partial charge in [-0.05, 0) is 109 Å². The van der Waals surface area contributed by atoms with Gasteiger partial charge in [-0.2, -0.15) is 95.2 Å². The monoisotopic (exact) mass is 2410 g/mol. The fraction of sp³-hybridized carbons (Fsp3) is 0.636. The predicted molar refractivity (Wildman–Crippen MR) is 656 cm³/mol. The van der Waals surface area contributed by atoms with E-state index in [0.717, 1.165) is 45.7 Å². The van der Waals surface area contributed by atoms with E-state index in [-0.39, 0.29) is 65.0 Å². The molecule has 0 saturated carbocycles. The van der Waals surface area contributed by atoms with Gasteiger partial charge < -0.3 is 58.7 Å². The van der Waals surface area contributed by atoms with Crippen molar-refractivity contribution in [1.29, 1.82) is 0 Å². The molecule has 0 radical (unpaired) electrons. The molecule has 0 aliphatic rings. The number of fused-ring (bicyclic) bond motifs is 5. The van der Waals surface area contributed by atoms with Gasteiger partial charge in [-0.1, -0.05) is 395 Å². The first-order chi connectivity index (χ1) is 66.1. The molecular formula is C118H199Cl8N5O4Si5Ti5-6. The number of benzene rings is 4. The van der Waals surface area contributed by atoms with E-state index in [2.05, 4.69) is 419 Å². The number of ether oxygens (including phenoxy) is 4. The van der Waals surface area contributed by atoms with Gasteiger partial charge in [0.2, 0.25) is 0 Å². The zero-order chi connectivity index (χ0) is 110. The molecule has 0 aliphatic carbocycles. The van der Waals surface area contributed by atoms with Crippen LogP contribution in [-0.4, -0.2) is 118 Å². The minimum absolute atomic E-state index is 0. The fourth-order valence-electron chi connectivity index (χ4n) is 19.5. The van der Waals surface area contributed by atoms with Crippen LogP contribution in [0.3, 0.4) is 0 Å². The molecule has 9 aromatic carbocycles. The van der Waals surface area contributed by atoms with Crippen LogP contribution in [0.2, 0.25) is 64.0 Å². The summed E-state index contributed by atoms with van der Waals surface area (Å²) in [6.07, 6.45) is 24.7. The van der Waals surface area contributed by atoms with Crippen LogP contribution >= 0.6 is 74.4 Å². The Hall–Kier alpha value is 1.29. The fourth-order valence-corrected chi connectivity index (χ4v) is 39.1. The van der Waals surface area contributed by atoms with Crippen molar-refractivity contribution >= 4 is 185 Å². The Morgan fingerprint density at radius 1 is 0.310 bits per heavy atom. The van der Waals surface area contributed by atoms with Crippen LogP contribution < -0.4 is 25.9 Å². The van der Waals surface area contributed by atoms with Crippen molar-refractivity contribution in [1.82, 2.24) is 0 Å². The summed E-state index contributed by atoms with van der Waals surface area (Å²) in [6, 6.07) is 53.4. The second kappa shape index (κ2) is 73.2. The van der Waals surface area contributed by atoms with Crippen molar-refractivity contribution in [2.24, 2.45) is 0 Å². The molecule has 0 amide bonds. The summed E-state index contributed by atoms with van der Waals surface area (Å²) in [6.45, 7) is 90.9. The van der Waals surface area contributed by atoms with Crippen molar-refractivity contribution in [3.8, 4) is 0 Å². The van der Waals surface area contributed by atoms with Gasteiger partial charge in [-0.3, -0.25) is 0 Å². The molecule has 9 nitrogen and oxygen atoms in total. The molecule has 9 aromatic rings. The van der Waals surface area contributed by atoms with E-state index in [1.807, 2.05) is 0 Å². The first-order valence-electron chi connectivity index (χ1n) is 52.5. The van der Waals surface area contributed by atoms with Gasteiger partial charge in [0.1, 0.15) is 0 Å². The molecule has 3 unspecified atom stereocenters. The number of hydrogen-bond acceptors (Lipinski definition) is 4. The van der Waals surface area contributed by atoms with Crippen LogP contribution in [-0.2, 0) is 122 Å². The van der Waals surface area contributed by atoms with E-state index < -0.39 is 92.3 Å². The van der Waals surface area contributed by atoms with E-state index in [1.54, 1.807) is 10.4 Å². The Morgan fingerprint density at radius 2 is 0.614 bits per heavy atom. The minimum atomic E-state index is -2.04. The van der Waals surface area contributed by atoms with Gasteiger partial charge in [0.15, 0.2) is 0 Å². The van der Waals surface area contributed by atoms with E-state index in [9.17, 15) is 0 Å². The Morgan fingerprint density at radius 3 is 0.972 bits per heavy atom. The summed E-state index contributed by atoms with van der Waals surface area (Å²) < 4.78 is 23.4. The zero-order valence-electron chi connectivity index (χ0n) is 98.7. The van der Waals surface area contributed by atoms with Gasteiger partial charge in [0.05, 0.1) is 22.4 Å². The summed E-state index contributed by atoms with van der Waals surface area (Å²) in [7, 11) is 29.4. The molecule has 0 aromatic heterocycles. The number of nitrogens with zero attached hydrogens (tertiary/aromatic N) is 5. The first-order valence-corrected chi connectivity index (χ1v) is 83.5. The number of halogens is 8. The molecule has 0 fully saturated rings. The van der Waals surface area contributed by atoms with Crippen molar-refractivity contribution in [2.45, 2.75) is 464 Å². The molecular weight excluding hydrogens is 2210 g/mol. The van der Waals surface area contributed by atoms with Crippen LogP contribution in [0.1, 0.15) is 343 Å². The number of hydrogen-bond donors (Lipinski definition) is 0. The average molecular weight is 2420 g/mol. The summed E-state index contributed by atoms with van der Waals surface area (Å²) >= 11 is 1.28. The summed E-state index contributed by atoms with van der Waals surface area (Å²) in [5.41, 5.74) is 9.00. The van der Waals surface area contributed by atoms with Gasteiger partial charge in [-0.25, -0.2) is 6.07 Å². The van der Waals surface area contributed by atoms with E-state index in [0.29, 0.717) is 0 Å². The zero-order valence-corrected chi connectivity index (χ0v) is 118. The van der Waals surface area contributed by atoms with Crippen LogP contribution in [0.25, 0.3) is 68.0 Å². The average Bonchev–Trinajstić information content (AvgIpc) is 1.58. The second-order valence-electron chi connectivity index (χ2n) is 49.0. The number of unbranched alkanes of at least 4 members (excludes halogenated alkanes) is 13. The number of aryl methyl sites for hydroxylation is 2. The molecule has 9 rings (SSSR count). The normalized spacial score (nSPS) is 13.4. The molecule has 0 spiro atoms. The summed E-state index contributed by atoms with van der Waals surface area (Å²) in [4.78, 5) is 26.7. The molecule has 0 N–H and O–H groups in total. The van der Waals surface area contributed by atoms with Gasteiger partial charge in [-0.15, -0.1) is 114 Å². The Kier molecular flexibility index (Phi) is 75.9. The quantitative estimate of drug-likeness (QED) is 0.0216. The maximum atomic E-state index is 5.89. The topological polar surface area (TPSA) is 107 Å². The SMILES string of the molecule is CC(C)(C)[N-][Si](C)(C)[c-]1cc(CCCCCCOC(C)(C)C)c2ccccc21.CC(C)(C)[N-][Si](C)(CCCCCCOC(C)(C)C)[c-]1c2ccccc2c2ccccc21.CC(C)(C)[N-][Si](C)(CCCCCCOC(C)(C)C)[c-]1ccc2ccccc21.CCCCc1cc[c-]([Si](C)(C)[N-]C(C)(C)C)c1.Cc1c(C)c(C)[c-]([Si](C)(CCCCCCOC(C)(C)C)[N-]C(C)(C)C)c1C.[CH3-].[CH3-].[Cl][Ti+3].[Cl][Ti+3].[Cl][Ti][Cl].[Cl][Ti][Cl].[Cl][Ti][Cl]. The second-order valence-corrected chi connectivity index (χ2v) is 75.9. The Balaban J connectivity index is -0.00000169. The van der Waals surface area contributed by atoms with Gasteiger partial charge in [0, 0.05) is 26.4 Å². The molecule has 0 saturated heterocycles. The van der Waals surface area contributed by atoms with E-state index in [1.165, 1.54) is 258 Å². The maximum absolute atomic E-state index is 5.89. The first kappa shape index (κ1) is 150. The van der Waals surface area contributed by atoms with Crippen LogP contribution in [0.4, 0.5) is 0 Å². The molecule has 145 heavy (non-hydrogen) atoms. The number of rotatable bonds is 41. The molecule has 0 heterocycles. The molecule has 27 heteroatoms. The van der Waals surface area contributed by atoms with Crippen molar-refractivity contribution in [2.75, 3.05) is 26.4 Å². The summed E-state index contributed by atoms with van der Waals surface area (Å²) in [5.74, 6) is 0. The van der Waals surface area contributed by atoms with E-state index in [4.69, 9.17) is 99.7 Å². The Bertz CT molecular complexity index is 4800. The summed E-state index contributed by atoms with van der Waals surface area (Å²) in [5, 5.41) is 18.9. The van der Waals surface area contributed by atoms with Crippen LogP contribution in [0, 0.1) is 42.5 Å². The predicted octanol–water partition coefficient (Wildman–Crippen LogP) is 39.7. The third-order valence-corrected chi connectivity index (χ3v) is 42.9. The standard InChI is InChI=1S/C28H41NOSi.C25H41NOSi.C24H39NOSi.C24H45NOSi.C15H27NSi.2CH3.8ClH.5Ti/c1-27(2,3)29-31(7,21-15-9-8-14-20-30-28(4,5)6)26-24-18-12-10-16-22(24)23-17-11-13-19-25(23)26;1-24(2,3)26-28(7,8)23-19-20(21-16-12-13-17-22(21)23)15-11-9-10-14-18-27-25(4,5)6;1-23(2,3)25-27(7,19-13-9-8-12-18-26-24(4,5)6)22-17-16-20-14-10-11-15-21(20)22;1-18-19(2)21(4)22(20(18)3)27(11,25-23(5,6)7)17-15-13-12-14-16-26-24(8,9)10;1-7-8-9-13-10-11-14(12-13)17(5,6)16-15(2,3)4;;;;;;;;;;;;;;;/h10-13,16-19H,8-9,14-15,20-21H2,1-7H3;12-13,16-17,19H,9-11,14-15,18H2,1-8H3;10-11,14-17H,8-9,12-13,18-19H2,1-7H3;12-17H2,1-11H3;10-12H,7-9H2,1-6H3;2*1H3;8*1H;;;;;/q5*-2;2*-1;;;;;;;;;3*+2;2*+4/p-8. The molecule has 0 bridgehead atoms. The van der Waals surface area contributed by atoms with Crippen molar-refractivity contribution in [3.63, 3.8) is 0 Å². The van der Waals surface area contributed by atoms with Crippen molar-refractivity contribution < 1.29 is 109 Å². The van der Waals surface area contributed by atoms with E-state index >= 15 is 0 Å². The Labute approximate surface area is 979 Å². The van der Waals surface area contributed by atoms with Crippen LogP contribution in [0.5, 0.6) is 0 Å². The third-order valence-electron chi connectivity index (χ3n) is 24.5. The van der Waals surface area contributed by atoms with Gasteiger partial charge in [0.25, 0.3) is 0 Å². The molecule has 822 valence electrons. The molecule has 3 atom stereocenters. The van der Waals surface area contributed by atoms with Gasteiger partial charge >= 0.3 is 164 Å². The molecule has 0 aliphatic heterocycles. The van der Waals surface area contributed by atoms with Crippen molar-refractivity contribution in [3.05, 3.63) is 207 Å². The third kappa shape index (κ3) is 62.6.